The molecule has 5 heteroatoms. The first-order valence-electron chi connectivity index (χ1n) is 7.34. The van der Waals surface area contributed by atoms with Crippen LogP contribution >= 0.6 is 0 Å². The minimum absolute atomic E-state index is 0.204. The Labute approximate surface area is 133 Å². The number of rotatable bonds is 5. The van der Waals surface area contributed by atoms with E-state index in [0.29, 0.717) is 5.56 Å². The lowest BCUT2D eigenvalue weighted by atomic mass is 10.1. The van der Waals surface area contributed by atoms with Crippen LogP contribution in [0.2, 0.25) is 0 Å². The molecule has 118 valence electrons. The number of halogens is 2. The fourth-order valence-electron chi connectivity index (χ4n) is 2.55. The third kappa shape index (κ3) is 3.46. The quantitative estimate of drug-likeness (QED) is 0.780. The summed E-state index contributed by atoms with van der Waals surface area (Å²) in [5, 5.41) is 3.27. The summed E-state index contributed by atoms with van der Waals surface area (Å²) in [6.07, 6.45) is 3.57. The summed E-state index contributed by atoms with van der Waals surface area (Å²) in [4.78, 5) is 4.38. The zero-order chi connectivity index (χ0) is 16.2. The molecule has 1 atom stereocenters. The summed E-state index contributed by atoms with van der Waals surface area (Å²) >= 11 is 0. The van der Waals surface area contributed by atoms with Crippen LogP contribution in [0.25, 0.3) is 0 Å². The first kappa shape index (κ1) is 15.4. The topological polar surface area (TPSA) is 29.9 Å². The maximum Gasteiger partial charge on any atom is 0.130 e. The van der Waals surface area contributed by atoms with Gasteiger partial charge in [0.1, 0.15) is 17.5 Å². The standard InChI is InChI=1S/C18H17F2N3/c1-23-10-9-21-18(23)17(13-5-3-2-4-6-13)22-12-14-11-15(19)7-8-16(14)20/h2-11,17,22H,12H2,1H3. The van der Waals surface area contributed by atoms with E-state index in [1.54, 1.807) is 6.20 Å². The van der Waals surface area contributed by atoms with Gasteiger partial charge < -0.3 is 4.57 Å². The minimum atomic E-state index is -0.448. The van der Waals surface area contributed by atoms with E-state index in [0.717, 1.165) is 23.5 Å². The first-order valence-corrected chi connectivity index (χ1v) is 7.34. The second-order valence-electron chi connectivity index (χ2n) is 5.36. The van der Waals surface area contributed by atoms with Crippen LogP contribution in [0.4, 0.5) is 8.78 Å². The largest absolute Gasteiger partial charge is 0.336 e. The summed E-state index contributed by atoms with van der Waals surface area (Å²) in [7, 11) is 1.91. The number of nitrogens with zero attached hydrogens (tertiary/aromatic N) is 2. The van der Waals surface area contributed by atoms with Gasteiger partial charge in [-0.2, -0.15) is 0 Å². The van der Waals surface area contributed by atoms with Gasteiger partial charge in [0.2, 0.25) is 0 Å². The molecule has 0 saturated carbocycles. The van der Waals surface area contributed by atoms with Crippen molar-refractivity contribution < 1.29 is 8.78 Å². The van der Waals surface area contributed by atoms with Crippen LogP contribution in [0.5, 0.6) is 0 Å². The smallest absolute Gasteiger partial charge is 0.130 e. The van der Waals surface area contributed by atoms with Crippen molar-refractivity contribution in [2.75, 3.05) is 0 Å². The van der Waals surface area contributed by atoms with Crippen molar-refractivity contribution in [2.24, 2.45) is 7.05 Å². The molecule has 0 bridgehead atoms. The van der Waals surface area contributed by atoms with Crippen molar-refractivity contribution in [3.63, 3.8) is 0 Å². The Morgan fingerprint density at radius 2 is 1.91 bits per heavy atom. The average molecular weight is 313 g/mol. The van der Waals surface area contributed by atoms with Gasteiger partial charge in [0.25, 0.3) is 0 Å². The fourth-order valence-corrected chi connectivity index (χ4v) is 2.55. The Morgan fingerprint density at radius 1 is 1.13 bits per heavy atom. The lowest BCUT2D eigenvalue weighted by Crippen LogP contribution is -2.25. The molecular formula is C18H17F2N3. The molecule has 23 heavy (non-hydrogen) atoms. The molecule has 0 aliphatic heterocycles. The van der Waals surface area contributed by atoms with Gasteiger partial charge in [-0.1, -0.05) is 30.3 Å². The summed E-state index contributed by atoms with van der Waals surface area (Å²) in [6.45, 7) is 0.204. The zero-order valence-corrected chi connectivity index (χ0v) is 12.7. The van der Waals surface area contributed by atoms with Crippen LogP contribution in [-0.2, 0) is 13.6 Å². The lowest BCUT2D eigenvalue weighted by molar-refractivity contribution is 0.529. The highest BCUT2D eigenvalue weighted by Gasteiger charge is 2.18. The third-order valence-electron chi connectivity index (χ3n) is 3.75. The number of hydrogen-bond acceptors (Lipinski definition) is 2. The summed E-state index contributed by atoms with van der Waals surface area (Å²) in [5.74, 6) is -0.0602. The molecule has 0 fully saturated rings. The molecule has 1 heterocycles. The monoisotopic (exact) mass is 313 g/mol. The van der Waals surface area contributed by atoms with Crippen LogP contribution in [0.3, 0.4) is 0 Å². The van der Waals surface area contributed by atoms with Gasteiger partial charge in [-0.3, -0.25) is 5.32 Å². The van der Waals surface area contributed by atoms with Crippen LogP contribution < -0.4 is 5.32 Å². The Kier molecular flexibility index (Phi) is 4.48. The van der Waals surface area contributed by atoms with Crippen LogP contribution in [0.15, 0.2) is 60.9 Å². The predicted molar refractivity (Wildman–Crippen MR) is 84.7 cm³/mol. The molecule has 2 aromatic carbocycles. The Hall–Kier alpha value is -2.53. The highest BCUT2D eigenvalue weighted by atomic mass is 19.1. The molecule has 0 saturated heterocycles. The van der Waals surface area contributed by atoms with E-state index >= 15 is 0 Å². The van der Waals surface area contributed by atoms with E-state index in [2.05, 4.69) is 10.3 Å². The lowest BCUT2D eigenvalue weighted by Gasteiger charge is -2.19. The third-order valence-corrected chi connectivity index (χ3v) is 3.75. The summed E-state index contributed by atoms with van der Waals surface area (Å²) in [6, 6.07) is 13.0. The molecule has 3 aromatic rings. The predicted octanol–water partition coefficient (Wildman–Crippen LogP) is 3.58. The Balaban J connectivity index is 1.88. The fraction of sp³-hybridized carbons (Fsp3) is 0.167. The van der Waals surface area contributed by atoms with Gasteiger partial charge in [-0.05, 0) is 23.8 Å². The number of hydrogen-bond donors (Lipinski definition) is 1. The van der Waals surface area contributed by atoms with E-state index in [1.807, 2.05) is 48.1 Å². The number of aromatic nitrogens is 2. The van der Waals surface area contributed by atoms with E-state index in [9.17, 15) is 8.78 Å². The molecule has 0 aliphatic rings. The van der Waals surface area contributed by atoms with Gasteiger partial charge in [-0.15, -0.1) is 0 Å². The molecule has 0 aliphatic carbocycles. The van der Waals surface area contributed by atoms with Crippen molar-refractivity contribution in [1.29, 1.82) is 0 Å². The summed E-state index contributed by atoms with van der Waals surface area (Å²) < 4.78 is 29.0. The van der Waals surface area contributed by atoms with E-state index in [1.165, 1.54) is 6.07 Å². The van der Waals surface area contributed by atoms with Crippen molar-refractivity contribution >= 4 is 0 Å². The SMILES string of the molecule is Cn1ccnc1C(NCc1cc(F)ccc1F)c1ccccc1. The average Bonchev–Trinajstić information content (AvgIpc) is 2.98. The maximum atomic E-state index is 13.8. The molecule has 1 unspecified atom stereocenters. The molecular weight excluding hydrogens is 296 g/mol. The Bertz CT molecular complexity index is 784. The first-order chi connectivity index (χ1) is 11.1. The molecule has 0 radical (unpaired) electrons. The number of benzene rings is 2. The molecule has 0 amide bonds. The second-order valence-corrected chi connectivity index (χ2v) is 5.36. The highest BCUT2D eigenvalue weighted by molar-refractivity contribution is 5.26. The molecule has 1 N–H and O–H groups in total. The molecule has 0 spiro atoms. The van der Waals surface area contributed by atoms with Gasteiger partial charge in [0.05, 0.1) is 6.04 Å². The Morgan fingerprint density at radius 3 is 2.61 bits per heavy atom. The molecule has 1 aromatic heterocycles. The van der Waals surface area contributed by atoms with E-state index in [-0.39, 0.29) is 12.6 Å². The van der Waals surface area contributed by atoms with Crippen molar-refractivity contribution in [1.82, 2.24) is 14.9 Å². The number of imidazole rings is 1. The maximum absolute atomic E-state index is 13.8. The normalized spacial score (nSPS) is 12.3. The van der Waals surface area contributed by atoms with Gasteiger partial charge in [0, 0.05) is 31.5 Å². The molecule has 3 nitrogen and oxygen atoms in total. The highest BCUT2D eigenvalue weighted by Crippen LogP contribution is 2.21. The van der Waals surface area contributed by atoms with Gasteiger partial charge >= 0.3 is 0 Å². The van der Waals surface area contributed by atoms with Gasteiger partial charge in [0.15, 0.2) is 0 Å². The molecule has 3 rings (SSSR count). The van der Waals surface area contributed by atoms with Crippen molar-refractivity contribution in [3.8, 4) is 0 Å². The van der Waals surface area contributed by atoms with E-state index < -0.39 is 11.6 Å². The van der Waals surface area contributed by atoms with Crippen molar-refractivity contribution in [2.45, 2.75) is 12.6 Å². The van der Waals surface area contributed by atoms with Crippen LogP contribution in [0, 0.1) is 11.6 Å². The second kappa shape index (κ2) is 6.71. The van der Waals surface area contributed by atoms with Crippen LogP contribution in [0.1, 0.15) is 23.0 Å². The minimum Gasteiger partial charge on any atom is -0.336 e. The number of aryl methyl sites for hydroxylation is 1. The zero-order valence-electron chi connectivity index (χ0n) is 12.7. The number of nitrogens with one attached hydrogen (secondary N) is 1. The van der Waals surface area contributed by atoms with Crippen molar-refractivity contribution in [3.05, 3.63) is 89.5 Å². The summed E-state index contributed by atoms with van der Waals surface area (Å²) in [5.41, 5.74) is 1.30. The van der Waals surface area contributed by atoms with E-state index in [4.69, 9.17) is 0 Å². The van der Waals surface area contributed by atoms with Crippen LogP contribution in [-0.4, -0.2) is 9.55 Å². The van der Waals surface area contributed by atoms with Gasteiger partial charge in [-0.25, -0.2) is 13.8 Å².